The summed E-state index contributed by atoms with van der Waals surface area (Å²) in [7, 11) is 0. The average molecular weight is 393 g/mol. The summed E-state index contributed by atoms with van der Waals surface area (Å²) in [5.41, 5.74) is 2.34. The number of hydrogen-bond acceptors (Lipinski definition) is 4. The molecule has 0 N–H and O–H groups in total. The van der Waals surface area contributed by atoms with Crippen LogP contribution in [0.2, 0.25) is 5.02 Å². The summed E-state index contributed by atoms with van der Waals surface area (Å²) >= 11 is 6.27. The molecule has 5 nitrogen and oxygen atoms in total. The second-order valence-corrected chi connectivity index (χ2v) is 7.81. The van der Waals surface area contributed by atoms with Crippen LogP contribution < -0.4 is 4.90 Å². The highest BCUT2D eigenvalue weighted by molar-refractivity contribution is 6.36. The smallest absolute Gasteiger partial charge is 0.240 e. The third-order valence-corrected chi connectivity index (χ3v) is 6.29. The maximum Gasteiger partial charge on any atom is 0.240 e. The van der Waals surface area contributed by atoms with Crippen LogP contribution in [0.15, 0.2) is 54.7 Å². The fourth-order valence-electron chi connectivity index (χ4n) is 4.89. The van der Waals surface area contributed by atoms with Crippen LogP contribution in [0.1, 0.15) is 24.1 Å². The molecule has 2 fully saturated rings. The first kappa shape index (κ1) is 17.2. The maximum absolute atomic E-state index is 13.5. The number of rotatable bonds is 2. The molecular formula is C22H17ClN2O3. The van der Waals surface area contributed by atoms with Gasteiger partial charge in [0.2, 0.25) is 11.8 Å². The number of ketones is 1. The molecule has 2 aromatic carbocycles. The van der Waals surface area contributed by atoms with Crippen molar-refractivity contribution in [3.8, 4) is 0 Å². The first-order valence-corrected chi connectivity index (χ1v) is 9.56. The molecule has 6 heteroatoms. The number of halogens is 1. The predicted octanol–water partition coefficient (Wildman–Crippen LogP) is 3.44. The Hall–Kier alpha value is -2.92. The predicted molar refractivity (Wildman–Crippen MR) is 105 cm³/mol. The first-order valence-electron chi connectivity index (χ1n) is 9.18. The molecule has 2 aromatic rings. The highest BCUT2D eigenvalue weighted by atomic mass is 35.5. The minimum absolute atomic E-state index is 0.122. The van der Waals surface area contributed by atoms with E-state index in [0.29, 0.717) is 10.7 Å². The standard InChI is InChI=1S/C22H17ClN2O3/c1-12(26)19-17-18(20-14-7-3-2-6-13(14)10-11-24(19)20)22(28)25(21(17)27)16-9-5-4-8-15(16)23/h2-11,17-20H,1H3/t17-,18+,19-,20?/m1/s1. The molecule has 28 heavy (non-hydrogen) atoms. The van der Waals surface area contributed by atoms with E-state index in [0.717, 1.165) is 11.1 Å². The normalized spacial score (nSPS) is 27.6. The van der Waals surface area contributed by atoms with Crippen LogP contribution in [-0.4, -0.2) is 28.5 Å². The molecule has 4 atom stereocenters. The fraction of sp³-hybridized carbons (Fsp3) is 0.227. The number of hydrogen-bond donors (Lipinski definition) is 0. The van der Waals surface area contributed by atoms with Gasteiger partial charge in [0.15, 0.2) is 5.78 Å². The van der Waals surface area contributed by atoms with Gasteiger partial charge in [-0.3, -0.25) is 14.4 Å². The number of imide groups is 1. The molecule has 140 valence electrons. The third-order valence-electron chi connectivity index (χ3n) is 5.97. The highest BCUT2D eigenvalue weighted by Gasteiger charge is 2.64. The lowest BCUT2D eigenvalue weighted by Crippen LogP contribution is -2.43. The molecule has 0 radical (unpaired) electrons. The Bertz CT molecular complexity index is 1060. The molecule has 0 spiro atoms. The number of fused-ring (bicyclic) bond motifs is 5. The molecule has 0 aliphatic carbocycles. The van der Waals surface area contributed by atoms with Gasteiger partial charge in [0.05, 0.1) is 34.6 Å². The van der Waals surface area contributed by atoms with Gasteiger partial charge in [-0.1, -0.05) is 48.0 Å². The van der Waals surface area contributed by atoms with E-state index >= 15 is 0 Å². The van der Waals surface area contributed by atoms with E-state index in [1.807, 2.05) is 41.4 Å². The van der Waals surface area contributed by atoms with E-state index in [-0.39, 0.29) is 23.6 Å². The van der Waals surface area contributed by atoms with Crippen molar-refractivity contribution in [1.82, 2.24) is 4.90 Å². The Morgan fingerprint density at radius 1 is 0.964 bits per heavy atom. The van der Waals surface area contributed by atoms with E-state index in [2.05, 4.69) is 0 Å². The van der Waals surface area contributed by atoms with Crippen molar-refractivity contribution in [3.05, 3.63) is 70.9 Å². The molecule has 3 heterocycles. The van der Waals surface area contributed by atoms with Crippen molar-refractivity contribution < 1.29 is 14.4 Å². The van der Waals surface area contributed by atoms with Crippen molar-refractivity contribution >= 4 is 41.0 Å². The van der Waals surface area contributed by atoms with E-state index in [4.69, 9.17) is 11.6 Å². The molecular weight excluding hydrogens is 376 g/mol. The van der Waals surface area contributed by atoms with E-state index in [1.165, 1.54) is 11.8 Å². The topological polar surface area (TPSA) is 57.7 Å². The second-order valence-electron chi connectivity index (χ2n) is 7.41. The Morgan fingerprint density at radius 3 is 2.39 bits per heavy atom. The molecule has 3 aliphatic rings. The molecule has 5 rings (SSSR count). The zero-order valence-electron chi connectivity index (χ0n) is 15.1. The first-order chi connectivity index (χ1) is 13.5. The number of nitrogens with zero attached hydrogens (tertiary/aromatic N) is 2. The van der Waals surface area contributed by atoms with Gasteiger partial charge in [-0.25, -0.2) is 4.90 Å². The van der Waals surface area contributed by atoms with E-state index in [1.54, 1.807) is 24.3 Å². The van der Waals surface area contributed by atoms with Crippen molar-refractivity contribution in [1.29, 1.82) is 0 Å². The fourth-order valence-corrected chi connectivity index (χ4v) is 5.11. The van der Waals surface area contributed by atoms with Crippen LogP contribution in [0.4, 0.5) is 5.69 Å². The lowest BCUT2D eigenvalue weighted by atomic mass is 9.84. The summed E-state index contributed by atoms with van der Waals surface area (Å²) in [4.78, 5) is 42.4. The minimum Gasteiger partial charge on any atom is -0.359 e. The summed E-state index contributed by atoms with van der Waals surface area (Å²) in [6.07, 6.45) is 3.78. The maximum atomic E-state index is 13.5. The largest absolute Gasteiger partial charge is 0.359 e. The number of para-hydroxylation sites is 1. The van der Waals surface area contributed by atoms with Crippen LogP contribution in [0.25, 0.3) is 6.08 Å². The van der Waals surface area contributed by atoms with Crippen LogP contribution >= 0.6 is 11.6 Å². The van der Waals surface area contributed by atoms with Crippen LogP contribution in [0.5, 0.6) is 0 Å². The zero-order valence-corrected chi connectivity index (χ0v) is 15.8. The Kier molecular flexibility index (Phi) is 3.71. The minimum atomic E-state index is -0.720. The van der Waals surface area contributed by atoms with Crippen molar-refractivity contribution in [2.45, 2.75) is 19.0 Å². The van der Waals surface area contributed by atoms with Crippen molar-refractivity contribution in [2.24, 2.45) is 11.8 Å². The molecule has 2 saturated heterocycles. The van der Waals surface area contributed by atoms with Gasteiger partial charge in [0, 0.05) is 6.20 Å². The lowest BCUT2D eigenvalue weighted by Gasteiger charge is -2.35. The molecule has 1 unspecified atom stereocenters. The highest BCUT2D eigenvalue weighted by Crippen LogP contribution is 2.53. The Balaban J connectivity index is 1.67. The number of benzene rings is 2. The Morgan fingerprint density at radius 2 is 1.64 bits per heavy atom. The SMILES string of the molecule is CC(=O)[C@@H]1[C@@H]2C(=O)N(c3ccccc3Cl)C(=O)[C@@H]2C2c3ccccc3C=CN21. The summed E-state index contributed by atoms with van der Waals surface area (Å²) < 4.78 is 0. The van der Waals surface area contributed by atoms with Gasteiger partial charge in [-0.15, -0.1) is 0 Å². The summed E-state index contributed by atoms with van der Waals surface area (Å²) in [6, 6.07) is 13.6. The summed E-state index contributed by atoms with van der Waals surface area (Å²) in [5, 5.41) is 0.337. The second kappa shape index (κ2) is 6.04. The van der Waals surface area contributed by atoms with E-state index in [9.17, 15) is 14.4 Å². The van der Waals surface area contributed by atoms with Gasteiger partial charge in [-0.2, -0.15) is 0 Å². The van der Waals surface area contributed by atoms with Gasteiger partial charge < -0.3 is 4.90 Å². The van der Waals surface area contributed by atoms with Gasteiger partial charge in [-0.05, 0) is 36.3 Å². The van der Waals surface area contributed by atoms with Crippen molar-refractivity contribution in [2.75, 3.05) is 4.90 Å². The third kappa shape index (κ3) is 2.17. The molecule has 3 aliphatic heterocycles. The van der Waals surface area contributed by atoms with Crippen LogP contribution in [0.3, 0.4) is 0 Å². The number of carbonyl (C=O) groups excluding carboxylic acids is 3. The molecule has 2 amide bonds. The quantitative estimate of drug-likeness (QED) is 0.734. The Labute approximate surface area is 167 Å². The van der Waals surface area contributed by atoms with Crippen molar-refractivity contribution in [3.63, 3.8) is 0 Å². The number of anilines is 1. The van der Waals surface area contributed by atoms with Gasteiger partial charge >= 0.3 is 0 Å². The lowest BCUT2D eigenvalue weighted by molar-refractivity contribution is -0.129. The van der Waals surface area contributed by atoms with Crippen LogP contribution in [0, 0.1) is 11.8 Å². The molecule has 0 bridgehead atoms. The van der Waals surface area contributed by atoms with Gasteiger partial charge in [0.25, 0.3) is 0 Å². The monoisotopic (exact) mass is 392 g/mol. The van der Waals surface area contributed by atoms with Crippen LogP contribution in [-0.2, 0) is 14.4 Å². The average Bonchev–Trinajstić information content (AvgIpc) is 3.16. The molecule has 0 aromatic heterocycles. The summed E-state index contributed by atoms with van der Waals surface area (Å²) in [6.45, 7) is 1.48. The summed E-state index contributed by atoms with van der Waals surface area (Å²) in [5.74, 6) is -2.12. The van der Waals surface area contributed by atoms with Gasteiger partial charge in [0.1, 0.15) is 0 Å². The number of carbonyl (C=O) groups is 3. The number of Topliss-reactive ketones (excluding diaryl/α,β-unsaturated/α-hetero) is 1. The zero-order chi connectivity index (χ0) is 19.6. The number of amides is 2. The molecule has 0 saturated carbocycles. The van der Waals surface area contributed by atoms with E-state index < -0.39 is 17.9 Å².